The highest BCUT2D eigenvalue weighted by atomic mass is 32.2. The van der Waals surface area contributed by atoms with Crippen molar-refractivity contribution in [3.8, 4) is 11.5 Å². The van der Waals surface area contributed by atoms with Crippen molar-refractivity contribution in [2.45, 2.75) is 132 Å². The third-order valence-electron chi connectivity index (χ3n) is 13.0. The Bertz CT molecular complexity index is 2590. The number of ether oxygens (including phenoxy) is 3. The summed E-state index contributed by atoms with van der Waals surface area (Å²) in [5, 5.41) is 6.03. The highest BCUT2D eigenvalue weighted by Crippen LogP contribution is 2.47. The van der Waals surface area contributed by atoms with Crippen molar-refractivity contribution in [2.75, 3.05) is 13.2 Å². The van der Waals surface area contributed by atoms with Gasteiger partial charge in [0.05, 0.1) is 23.9 Å². The topological polar surface area (TPSA) is 195 Å². The van der Waals surface area contributed by atoms with Gasteiger partial charge in [0.25, 0.3) is 5.91 Å². The van der Waals surface area contributed by atoms with Crippen LogP contribution in [0.25, 0.3) is 33.0 Å². The molecule has 9 rings (SSSR count). The first-order valence-electron chi connectivity index (χ1n) is 21.9. The Kier molecular flexibility index (Phi) is 11.3. The minimum absolute atomic E-state index is 0.0657. The van der Waals surface area contributed by atoms with E-state index in [1.807, 2.05) is 38.1 Å². The number of carbonyl (C=O) groups is 4. The van der Waals surface area contributed by atoms with Crippen LogP contribution < -0.4 is 24.8 Å². The predicted molar refractivity (Wildman–Crippen MR) is 226 cm³/mol. The lowest BCUT2D eigenvalue weighted by Gasteiger charge is -2.30. The van der Waals surface area contributed by atoms with Crippen LogP contribution in [0.2, 0.25) is 0 Å². The Hall–Kier alpha value is -5.45. The Balaban J connectivity index is 1.08. The van der Waals surface area contributed by atoms with Gasteiger partial charge in [-0.05, 0) is 108 Å². The van der Waals surface area contributed by atoms with E-state index in [1.165, 1.54) is 17.0 Å². The molecule has 4 heterocycles. The van der Waals surface area contributed by atoms with Crippen LogP contribution in [-0.4, -0.2) is 90.3 Å². The van der Waals surface area contributed by atoms with Crippen LogP contribution in [0.3, 0.4) is 0 Å². The summed E-state index contributed by atoms with van der Waals surface area (Å²) in [6.07, 6.45) is 9.38. The third-order valence-corrected chi connectivity index (χ3v) is 14.8. The lowest BCUT2D eigenvalue weighted by atomic mass is 10.0. The van der Waals surface area contributed by atoms with Crippen LogP contribution in [0.5, 0.6) is 11.5 Å². The van der Waals surface area contributed by atoms with Crippen molar-refractivity contribution in [3.63, 3.8) is 0 Å². The Morgan fingerprint density at radius 1 is 1.00 bits per heavy atom. The molecule has 3 N–H and O–H groups in total. The summed E-state index contributed by atoms with van der Waals surface area (Å²) in [5.41, 5.74) is 0.809. The Morgan fingerprint density at radius 3 is 2.56 bits per heavy atom. The summed E-state index contributed by atoms with van der Waals surface area (Å²) in [5.74, 6) is -2.26. The van der Waals surface area contributed by atoms with E-state index in [9.17, 15) is 27.6 Å². The van der Waals surface area contributed by atoms with E-state index in [1.54, 1.807) is 6.07 Å². The largest absolute Gasteiger partial charge is 0.493 e. The van der Waals surface area contributed by atoms with Crippen molar-refractivity contribution in [2.24, 2.45) is 5.92 Å². The molecule has 0 unspecified atom stereocenters. The number of aryl methyl sites for hydroxylation is 1. The second-order valence-corrected chi connectivity index (χ2v) is 19.3. The molecule has 15 nitrogen and oxygen atoms in total. The number of hydrogen-bond acceptors (Lipinski definition) is 11. The molecule has 2 aromatic carbocycles. The highest BCUT2D eigenvalue weighted by Gasteiger charge is 2.62. The van der Waals surface area contributed by atoms with Gasteiger partial charge in [0.2, 0.25) is 21.8 Å². The zero-order valence-corrected chi connectivity index (χ0v) is 35.7. The number of furan rings is 1. The molecular weight excluding hydrogens is 822 g/mol. The van der Waals surface area contributed by atoms with Gasteiger partial charge in [0.15, 0.2) is 11.3 Å². The maximum absolute atomic E-state index is 15.0. The number of halogens is 1. The van der Waals surface area contributed by atoms with Gasteiger partial charge in [-0.25, -0.2) is 22.6 Å². The molecule has 62 heavy (non-hydrogen) atoms. The van der Waals surface area contributed by atoms with E-state index in [2.05, 4.69) is 15.4 Å². The maximum atomic E-state index is 15.0. The summed E-state index contributed by atoms with van der Waals surface area (Å²) in [6, 6.07) is 5.55. The van der Waals surface area contributed by atoms with Gasteiger partial charge in [-0.2, -0.15) is 0 Å². The number of nitrogens with one attached hydrogen (secondary N) is 3. The van der Waals surface area contributed by atoms with Crippen LogP contribution >= 0.6 is 0 Å². The number of allylic oxidation sites excluding steroid dienone is 1. The van der Waals surface area contributed by atoms with E-state index >= 15 is 4.39 Å². The number of fused-ring (bicyclic) bond motifs is 6. The first kappa shape index (κ1) is 41.9. The molecule has 0 radical (unpaired) electrons. The number of rotatable bonds is 9. The second-order valence-electron chi connectivity index (χ2n) is 17.4. The molecule has 1 saturated heterocycles. The van der Waals surface area contributed by atoms with Crippen molar-refractivity contribution in [3.05, 3.63) is 53.9 Å². The van der Waals surface area contributed by atoms with Gasteiger partial charge in [-0.3, -0.25) is 19.1 Å². The minimum atomic E-state index is -3.94. The average molecular weight is 874 g/mol. The van der Waals surface area contributed by atoms with E-state index in [0.29, 0.717) is 65.4 Å². The number of alkyl carbamates (subject to hydrolysis) is 1. The molecule has 330 valence electrons. The number of carbonyl (C=O) groups excluding carboxylic acids is 4. The van der Waals surface area contributed by atoms with E-state index in [-0.39, 0.29) is 43.2 Å². The van der Waals surface area contributed by atoms with Crippen LogP contribution in [0.1, 0.15) is 96.0 Å². The number of pyridine rings is 1. The summed E-state index contributed by atoms with van der Waals surface area (Å²) in [7, 11) is -3.94. The predicted octanol–water partition coefficient (Wildman–Crippen LogP) is 6.37. The fourth-order valence-corrected chi connectivity index (χ4v) is 10.7. The first-order valence-corrected chi connectivity index (χ1v) is 23.5. The highest BCUT2D eigenvalue weighted by molar-refractivity contribution is 7.91. The number of benzene rings is 2. The molecule has 4 amide bonds. The summed E-state index contributed by atoms with van der Waals surface area (Å²) >= 11 is 0. The van der Waals surface area contributed by atoms with Gasteiger partial charge in [0, 0.05) is 28.7 Å². The van der Waals surface area contributed by atoms with Gasteiger partial charge >= 0.3 is 6.09 Å². The number of sulfonamides is 1. The molecule has 0 spiro atoms. The van der Waals surface area contributed by atoms with E-state index in [4.69, 9.17) is 23.6 Å². The lowest BCUT2D eigenvalue weighted by Crippen LogP contribution is -2.58. The molecule has 3 aliphatic carbocycles. The second kappa shape index (κ2) is 16.7. The maximum Gasteiger partial charge on any atom is 0.408 e. The van der Waals surface area contributed by atoms with Crippen LogP contribution in [0.4, 0.5) is 9.18 Å². The standard InChI is InChI=1S/C45H52FN5O10S/c1-3-58-36-20-18-31-37-40(61-38(31)25(36)2)39(32-21-27(46)15-19-33(32)47-37)59-29-22-35-41(52)49-45(43(54)50-62(56,57)30-16-17-30)23-26(45)11-7-5-4-6-8-14-34(42(53)51(35)24-29)48-44(55)60-28-12-9-10-13-28/h7,11,15,18-21,26,28-30,34-35H,3-6,8-10,12-14,16-17,22-24H2,1-2H3,(H,48,55)(H,49,52)(H,50,54)/t26-,29-,34+,35+,45-/m1/s1. The quantitative estimate of drug-likeness (QED) is 0.158. The first-order chi connectivity index (χ1) is 29.8. The SMILES string of the molecule is CCOc1ccc2c(oc3c(O[C@@H]4C[C@H]5C(=O)N[C@]6(C(=O)NS(=O)(=O)C7CC7)C[C@H]6C=CCCCCC[C@H](NC(=O)OC6CCCC6)C(=O)N5C4)c4cc(F)ccc4nc32)c1C. The molecule has 2 aliphatic heterocycles. The molecule has 5 aliphatic rings. The van der Waals surface area contributed by atoms with Crippen molar-refractivity contribution in [1.29, 1.82) is 0 Å². The van der Waals surface area contributed by atoms with Gasteiger partial charge in [-0.15, -0.1) is 0 Å². The van der Waals surface area contributed by atoms with Gasteiger partial charge < -0.3 is 34.2 Å². The fraction of sp³-hybridized carbons (Fsp3) is 0.533. The van der Waals surface area contributed by atoms with E-state index < -0.39 is 74.5 Å². The summed E-state index contributed by atoms with van der Waals surface area (Å²) < 4.78 is 68.0. The molecule has 4 fully saturated rings. The van der Waals surface area contributed by atoms with Gasteiger partial charge in [0.1, 0.15) is 52.5 Å². The lowest BCUT2D eigenvalue weighted by molar-refractivity contribution is -0.141. The zero-order chi connectivity index (χ0) is 43.3. The fourth-order valence-electron chi connectivity index (χ4n) is 9.34. The number of amides is 4. The molecule has 0 bridgehead atoms. The van der Waals surface area contributed by atoms with Crippen molar-refractivity contribution < 1.29 is 50.6 Å². The minimum Gasteiger partial charge on any atom is -0.493 e. The number of aromatic nitrogens is 1. The Labute approximate surface area is 358 Å². The smallest absolute Gasteiger partial charge is 0.408 e. The molecule has 17 heteroatoms. The van der Waals surface area contributed by atoms with Crippen molar-refractivity contribution in [1.82, 2.24) is 25.2 Å². The average Bonchev–Trinajstić information content (AvgIpc) is 4.05. The normalized spacial score (nSPS) is 26.1. The summed E-state index contributed by atoms with van der Waals surface area (Å²) in [6.45, 7) is 4.06. The molecule has 4 aromatic rings. The van der Waals surface area contributed by atoms with Crippen LogP contribution in [-0.2, 0) is 29.1 Å². The van der Waals surface area contributed by atoms with Crippen LogP contribution in [0, 0.1) is 18.7 Å². The molecule has 5 atom stereocenters. The zero-order valence-electron chi connectivity index (χ0n) is 34.9. The Morgan fingerprint density at radius 2 is 1.79 bits per heavy atom. The monoisotopic (exact) mass is 873 g/mol. The third kappa shape index (κ3) is 8.15. The summed E-state index contributed by atoms with van der Waals surface area (Å²) in [4.78, 5) is 62.9. The number of nitrogens with zero attached hydrogens (tertiary/aromatic N) is 2. The van der Waals surface area contributed by atoms with E-state index in [0.717, 1.165) is 44.1 Å². The van der Waals surface area contributed by atoms with Crippen LogP contribution in [0.15, 0.2) is 46.9 Å². The van der Waals surface area contributed by atoms with Crippen molar-refractivity contribution >= 4 is 66.8 Å². The molecule has 3 saturated carbocycles. The van der Waals surface area contributed by atoms with Gasteiger partial charge in [-0.1, -0.05) is 25.0 Å². The molecular formula is C45H52FN5O10S. The molecule has 2 aromatic heterocycles. The number of hydrogen-bond donors (Lipinski definition) is 3.